The van der Waals surface area contributed by atoms with Gasteiger partial charge in [0.2, 0.25) is 5.95 Å². The van der Waals surface area contributed by atoms with Crippen molar-refractivity contribution in [1.82, 2.24) is 20.2 Å². The maximum absolute atomic E-state index is 12.9. The summed E-state index contributed by atoms with van der Waals surface area (Å²) in [6, 6.07) is 12.2. The summed E-state index contributed by atoms with van der Waals surface area (Å²) >= 11 is 0. The van der Waals surface area contributed by atoms with Crippen LogP contribution >= 0.6 is 0 Å². The number of halogens is 3. The summed E-state index contributed by atoms with van der Waals surface area (Å²) in [6.07, 6.45) is -1.20. The van der Waals surface area contributed by atoms with Gasteiger partial charge in [0.1, 0.15) is 0 Å². The van der Waals surface area contributed by atoms with Gasteiger partial charge in [0.15, 0.2) is 0 Å². The minimum Gasteiger partial charge on any atom is -0.324 e. The monoisotopic (exact) mass is 355 g/mol. The molecule has 0 saturated heterocycles. The van der Waals surface area contributed by atoms with Crippen LogP contribution in [-0.2, 0) is 6.18 Å². The Balaban J connectivity index is 1.64. The topological polar surface area (TPSA) is 66.5 Å². The molecule has 2 N–H and O–H groups in total. The second kappa shape index (κ2) is 6.14. The fraction of sp³-hybridized carbons (Fsp3) is 0.0556. The average Bonchev–Trinajstić information content (AvgIpc) is 3.09. The molecule has 26 heavy (non-hydrogen) atoms. The van der Waals surface area contributed by atoms with E-state index in [4.69, 9.17) is 0 Å². The zero-order valence-electron chi connectivity index (χ0n) is 13.2. The molecule has 5 nitrogen and oxygen atoms in total. The van der Waals surface area contributed by atoms with Gasteiger partial charge in [0, 0.05) is 22.8 Å². The van der Waals surface area contributed by atoms with Gasteiger partial charge >= 0.3 is 6.18 Å². The van der Waals surface area contributed by atoms with Crippen molar-refractivity contribution in [1.29, 1.82) is 0 Å². The van der Waals surface area contributed by atoms with Gasteiger partial charge in [-0.15, -0.1) is 0 Å². The number of H-pyrrole nitrogens is 1. The van der Waals surface area contributed by atoms with Gasteiger partial charge in [-0.2, -0.15) is 18.3 Å². The van der Waals surface area contributed by atoms with Crippen molar-refractivity contribution < 1.29 is 13.2 Å². The van der Waals surface area contributed by atoms with Crippen LogP contribution in [0.1, 0.15) is 5.56 Å². The number of rotatable bonds is 3. The van der Waals surface area contributed by atoms with E-state index in [1.165, 1.54) is 12.3 Å². The summed E-state index contributed by atoms with van der Waals surface area (Å²) in [6.45, 7) is 0. The SMILES string of the molecule is FC(F)(F)c1cccc(-c2ccnc(Nc3ccc4[nH]ncc4c3)n2)c1. The smallest absolute Gasteiger partial charge is 0.324 e. The van der Waals surface area contributed by atoms with Crippen molar-refractivity contribution in [2.75, 3.05) is 5.32 Å². The highest BCUT2D eigenvalue weighted by Gasteiger charge is 2.30. The quantitative estimate of drug-likeness (QED) is 0.555. The number of hydrogen-bond donors (Lipinski definition) is 2. The summed E-state index contributed by atoms with van der Waals surface area (Å²) in [5.41, 5.74) is 1.70. The number of hydrogen-bond acceptors (Lipinski definition) is 4. The molecular weight excluding hydrogens is 343 g/mol. The number of benzene rings is 2. The molecule has 0 bridgehead atoms. The number of aromatic amines is 1. The second-order valence-electron chi connectivity index (χ2n) is 5.64. The van der Waals surface area contributed by atoms with E-state index in [1.807, 2.05) is 18.2 Å². The summed E-state index contributed by atoms with van der Waals surface area (Å²) < 4.78 is 38.7. The number of nitrogens with zero attached hydrogens (tertiary/aromatic N) is 3. The molecule has 0 amide bonds. The Labute approximate surface area is 145 Å². The highest BCUT2D eigenvalue weighted by molar-refractivity contribution is 5.82. The summed E-state index contributed by atoms with van der Waals surface area (Å²) in [4.78, 5) is 8.45. The van der Waals surface area contributed by atoms with E-state index in [1.54, 1.807) is 18.3 Å². The lowest BCUT2D eigenvalue weighted by Crippen LogP contribution is -2.05. The highest BCUT2D eigenvalue weighted by atomic mass is 19.4. The molecule has 0 unspecified atom stereocenters. The average molecular weight is 355 g/mol. The standard InChI is InChI=1S/C18H12F3N5/c19-18(20,21)13-3-1-2-11(8-13)15-6-7-22-17(25-15)24-14-4-5-16-12(9-14)10-23-26-16/h1-10H,(H,23,26)(H,22,24,25). The van der Waals surface area contributed by atoms with Crippen molar-refractivity contribution in [2.24, 2.45) is 0 Å². The number of anilines is 2. The van der Waals surface area contributed by atoms with Crippen LogP contribution in [0, 0.1) is 0 Å². The van der Waals surface area contributed by atoms with Crippen LogP contribution in [0.3, 0.4) is 0 Å². The molecule has 0 aliphatic heterocycles. The van der Waals surface area contributed by atoms with E-state index in [9.17, 15) is 13.2 Å². The molecule has 4 rings (SSSR count). The molecule has 2 heterocycles. The first-order valence-electron chi connectivity index (χ1n) is 7.70. The summed E-state index contributed by atoms with van der Waals surface area (Å²) in [5.74, 6) is 0.294. The van der Waals surface area contributed by atoms with Gasteiger partial charge in [-0.1, -0.05) is 12.1 Å². The van der Waals surface area contributed by atoms with Gasteiger partial charge in [0.05, 0.1) is 23.0 Å². The van der Waals surface area contributed by atoms with Crippen molar-refractivity contribution in [3.8, 4) is 11.3 Å². The number of nitrogens with one attached hydrogen (secondary N) is 2. The maximum atomic E-state index is 12.9. The molecule has 2 aromatic heterocycles. The summed E-state index contributed by atoms with van der Waals surface area (Å²) in [5, 5.41) is 10.8. The molecule has 130 valence electrons. The zero-order valence-corrected chi connectivity index (χ0v) is 13.2. The van der Waals surface area contributed by atoms with E-state index in [0.29, 0.717) is 17.2 Å². The molecule has 8 heteroatoms. The first-order chi connectivity index (χ1) is 12.5. The molecule has 0 aliphatic rings. The van der Waals surface area contributed by atoms with Crippen LogP contribution in [0.5, 0.6) is 0 Å². The molecule has 0 saturated carbocycles. The van der Waals surface area contributed by atoms with Crippen LogP contribution in [0.2, 0.25) is 0 Å². The lowest BCUT2D eigenvalue weighted by molar-refractivity contribution is -0.137. The van der Waals surface area contributed by atoms with Crippen molar-refractivity contribution in [3.63, 3.8) is 0 Å². The van der Waals surface area contributed by atoms with E-state index >= 15 is 0 Å². The largest absolute Gasteiger partial charge is 0.416 e. The Morgan fingerprint density at radius 2 is 1.88 bits per heavy atom. The van der Waals surface area contributed by atoms with E-state index in [2.05, 4.69) is 25.5 Å². The highest BCUT2D eigenvalue weighted by Crippen LogP contribution is 2.32. The predicted molar refractivity (Wildman–Crippen MR) is 91.8 cm³/mol. The van der Waals surface area contributed by atoms with Gasteiger partial charge in [-0.25, -0.2) is 9.97 Å². The lowest BCUT2D eigenvalue weighted by Gasteiger charge is -2.10. The Kier molecular flexibility index (Phi) is 3.80. The third kappa shape index (κ3) is 3.21. The Morgan fingerprint density at radius 1 is 1.00 bits per heavy atom. The van der Waals surface area contributed by atoms with Crippen LogP contribution in [0.25, 0.3) is 22.2 Å². The third-order valence-electron chi connectivity index (χ3n) is 3.84. The number of aromatic nitrogens is 4. The predicted octanol–water partition coefficient (Wildman–Crippen LogP) is 4.78. The van der Waals surface area contributed by atoms with Crippen LogP contribution in [-0.4, -0.2) is 20.2 Å². The Hall–Kier alpha value is -3.42. The Morgan fingerprint density at radius 3 is 2.73 bits per heavy atom. The number of fused-ring (bicyclic) bond motifs is 1. The van der Waals surface area contributed by atoms with E-state index < -0.39 is 11.7 Å². The van der Waals surface area contributed by atoms with Crippen LogP contribution in [0.4, 0.5) is 24.8 Å². The molecule has 4 aromatic rings. The minimum atomic E-state index is -4.40. The van der Waals surface area contributed by atoms with Gasteiger partial charge in [0.25, 0.3) is 0 Å². The maximum Gasteiger partial charge on any atom is 0.416 e. The van der Waals surface area contributed by atoms with Crippen molar-refractivity contribution >= 4 is 22.5 Å². The van der Waals surface area contributed by atoms with Gasteiger partial charge in [-0.3, -0.25) is 5.10 Å². The molecule has 2 aromatic carbocycles. The van der Waals surface area contributed by atoms with E-state index in [0.717, 1.165) is 28.7 Å². The first kappa shape index (κ1) is 16.1. The molecule has 0 radical (unpaired) electrons. The lowest BCUT2D eigenvalue weighted by atomic mass is 10.1. The first-order valence-corrected chi connectivity index (χ1v) is 7.70. The molecule has 0 fully saturated rings. The van der Waals surface area contributed by atoms with Crippen LogP contribution in [0.15, 0.2) is 60.9 Å². The number of alkyl halides is 3. The molecule has 0 atom stereocenters. The normalized spacial score (nSPS) is 11.7. The van der Waals surface area contributed by atoms with E-state index in [-0.39, 0.29) is 0 Å². The fourth-order valence-corrected chi connectivity index (χ4v) is 2.58. The van der Waals surface area contributed by atoms with Gasteiger partial charge < -0.3 is 5.32 Å². The van der Waals surface area contributed by atoms with Gasteiger partial charge in [-0.05, 0) is 36.4 Å². The third-order valence-corrected chi connectivity index (χ3v) is 3.84. The Bertz CT molecular complexity index is 1070. The molecule has 0 spiro atoms. The zero-order chi connectivity index (χ0) is 18.1. The minimum absolute atomic E-state index is 0.294. The van der Waals surface area contributed by atoms with Crippen LogP contribution < -0.4 is 5.32 Å². The second-order valence-corrected chi connectivity index (χ2v) is 5.64. The fourth-order valence-electron chi connectivity index (χ4n) is 2.58. The molecule has 0 aliphatic carbocycles. The summed E-state index contributed by atoms with van der Waals surface area (Å²) in [7, 11) is 0. The molecular formula is C18H12F3N5. The van der Waals surface area contributed by atoms with Crippen molar-refractivity contribution in [2.45, 2.75) is 6.18 Å². The van der Waals surface area contributed by atoms with Crippen molar-refractivity contribution in [3.05, 3.63) is 66.5 Å².